The third-order valence-corrected chi connectivity index (χ3v) is 4.16. The number of methoxy groups -OCH3 is 1. The number of esters is 1. The van der Waals surface area contributed by atoms with Gasteiger partial charge in [0.25, 0.3) is 0 Å². The summed E-state index contributed by atoms with van der Waals surface area (Å²) in [6.45, 7) is 0.912. The number of rotatable bonds is 4. The van der Waals surface area contributed by atoms with Crippen LogP contribution in [-0.4, -0.2) is 40.6 Å². The average molecular weight is 349 g/mol. The molecule has 1 unspecified atom stereocenters. The van der Waals surface area contributed by atoms with Crippen molar-refractivity contribution in [2.75, 3.05) is 19.0 Å². The number of nitrogens with zero attached hydrogens (tertiary/aromatic N) is 3. The van der Waals surface area contributed by atoms with E-state index in [1.54, 1.807) is 24.8 Å². The number of aliphatic hydroxyl groups excluding tert-OH is 1. The van der Waals surface area contributed by atoms with Crippen molar-refractivity contribution in [1.82, 2.24) is 9.55 Å². The van der Waals surface area contributed by atoms with Crippen molar-refractivity contribution in [3.63, 3.8) is 0 Å². The van der Waals surface area contributed by atoms with Crippen LogP contribution in [0.15, 0.2) is 29.5 Å². The van der Waals surface area contributed by atoms with Crippen LogP contribution in [0.3, 0.4) is 0 Å². The van der Waals surface area contributed by atoms with Crippen LogP contribution in [0.2, 0.25) is 5.02 Å². The van der Waals surface area contributed by atoms with Crippen LogP contribution < -0.4 is 5.32 Å². The molecule has 2 N–H and O–H groups in total. The molecule has 8 heteroatoms. The zero-order valence-electron chi connectivity index (χ0n) is 13.1. The minimum Gasteiger partial charge on any atom is -0.465 e. The van der Waals surface area contributed by atoms with Gasteiger partial charge in [-0.3, -0.25) is 4.99 Å². The SMILES string of the molecule is COC(=O)c1cc(CCn2cnc3c2NC=NCC3O)ccc1Cl. The topological polar surface area (TPSA) is 88.7 Å². The van der Waals surface area contributed by atoms with Gasteiger partial charge in [-0.25, -0.2) is 9.78 Å². The Balaban J connectivity index is 1.77. The number of benzene rings is 1. The Kier molecular flexibility index (Phi) is 4.82. The second-order valence-electron chi connectivity index (χ2n) is 5.38. The zero-order chi connectivity index (χ0) is 17.1. The van der Waals surface area contributed by atoms with Gasteiger partial charge < -0.3 is 19.7 Å². The maximum absolute atomic E-state index is 11.7. The van der Waals surface area contributed by atoms with E-state index < -0.39 is 12.1 Å². The van der Waals surface area contributed by atoms with Crippen molar-refractivity contribution in [2.45, 2.75) is 19.1 Å². The van der Waals surface area contributed by atoms with Gasteiger partial charge in [-0.2, -0.15) is 0 Å². The number of fused-ring (bicyclic) bond motifs is 1. The van der Waals surface area contributed by atoms with Crippen molar-refractivity contribution < 1.29 is 14.6 Å². The van der Waals surface area contributed by atoms with Crippen LogP contribution in [-0.2, 0) is 17.7 Å². The lowest BCUT2D eigenvalue weighted by atomic mass is 10.1. The van der Waals surface area contributed by atoms with E-state index in [9.17, 15) is 9.90 Å². The number of aromatic nitrogens is 2. The number of carbonyl (C=O) groups excluding carboxylic acids is 1. The van der Waals surface area contributed by atoms with E-state index in [-0.39, 0.29) is 6.54 Å². The molecule has 1 atom stereocenters. The summed E-state index contributed by atoms with van der Waals surface area (Å²) in [6.07, 6.45) is 3.19. The summed E-state index contributed by atoms with van der Waals surface area (Å²) in [5.74, 6) is 0.269. The first-order valence-electron chi connectivity index (χ1n) is 7.45. The van der Waals surface area contributed by atoms with Crippen LogP contribution in [0.25, 0.3) is 0 Å². The summed E-state index contributed by atoms with van der Waals surface area (Å²) in [4.78, 5) is 20.0. The lowest BCUT2D eigenvalue weighted by molar-refractivity contribution is 0.0601. The summed E-state index contributed by atoms with van der Waals surface area (Å²) in [5.41, 5.74) is 1.88. The van der Waals surface area contributed by atoms with Crippen molar-refractivity contribution in [3.05, 3.63) is 46.4 Å². The molecule has 0 bridgehead atoms. The summed E-state index contributed by atoms with van der Waals surface area (Å²) in [6, 6.07) is 5.29. The molecule has 0 aliphatic carbocycles. The van der Waals surface area contributed by atoms with Gasteiger partial charge in [0, 0.05) is 6.54 Å². The molecule has 0 radical (unpaired) electrons. The van der Waals surface area contributed by atoms with Crippen molar-refractivity contribution in [1.29, 1.82) is 0 Å². The first-order valence-corrected chi connectivity index (χ1v) is 7.82. The summed E-state index contributed by atoms with van der Waals surface area (Å²) in [7, 11) is 1.32. The first kappa shape index (κ1) is 16.5. The first-order chi connectivity index (χ1) is 11.6. The standard InChI is InChI=1S/C16H17ClN4O3/c1-24-16(23)11-6-10(2-3-12(11)17)4-5-21-9-20-14-13(22)7-18-8-19-15(14)21/h2-3,6,8-9,13,22H,4-5,7H2,1H3,(H,18,19). The number of carbonyl (C=O) groups is 1. The number of halogens is 1. The summed E-state index contributed by atoms with van der Waals surface area (Å²) < 4.78 is 6.64. The van der Waals surface area contributed by atoms with Gasteiger partial charge >= 0.3 is 5.97 Å². The molecule has 126 valence electrons. The number of hydrogen-bond donors (Lipinski definition) is 2. The molecule has 0 saturated heterocycles. The van der Waals surface area contributed by atoms with Crippen molar-refractivity contribution in [2.24, 2.45) is 4.99 Å². The molecule has 1 aliphatic heterocycles. The Labute approximate surface area is 143 Å². The number of aliphatic imine (C=N–C) groups is 1. The smallest absolute Gasteiger partial charge is 0.339 e. The van der Waals surface area contributed by atoms with E-state index in [1.807, 2.05) is 10.6 Å². The molecule has 0 saturated carbocycles. The molecule has 1 aromatic carbocycles. The summed E-state index contributed by atoms with van der Waals surface area (Å²) in [5, 5.41) is 13.4. The second-order valence-corrected chi connectivity index (χ2v) is 5.79. The Bertz CT molecular complexity index is 788. The van der Waals surface area contributed by atoms with Crippen LogP contribution in [0.5, 0.6) is 0 Å². The largest absolute Gasteiger partial charge is 0.465 e. The van der Waals surface area contributed by atoms with E-state index >= 15 is 0 Å². The van der Waals surface area contributed by atoms with Gasteiger partial charge in [0.2, 0.25) is 0 Å². The van der Waals surface area contributed by atoms with E-state index in [4.69, 9.17) is 16.3 Å². The molecule has 2 aromatic rings. The predicted molar refractivity (Wildman–Crippen MR) is 90.7 cm³/mol. The molecule has 0 amide bonds. The highest BCUT2D eigenvalue weighted by Crippen LogP contribution is 2.24. The minimum absolute atomic E-state index is 0.288. The molecule has 3 rings (SSSR count). The molecule has 1 aliphatic rings. The van der Waals surface area contributed by atoms with Crippen LogP contribution in [0.4, 0.5) is 5.82 Å². The fourth-order valence-corrected chi connectivity index (χ4v) is 2.75. The number of imidazole rings is 1. The van der Waals surface area contributed by atoms with Gasteiger partial charge in [-0.05, 0) is 24.1 Å². The lowest BCUT2D eigenvalue weighted by Gasteiger charge is -2.10. The Morgan fingerprint density at radius 2 is 2.38 bits per heavy atom. The molecule has 7 nitrogen and oxygen atoms in total. The molecule has 2 heterocycles. The highest BCUT2D eigenvalue weighted by atomic mass is 35.5. The van der Waals surface area contributed by atoms with Gasteiger partial charge in [0.05, 0.1) is 36.9 Å². The lowest BCUT2D eigenvalue weighted by Crippen LogP contribution is -2.08. The third-order valence-electron chi connectivity index (χ3n) is 3.83. The molecule has 0 fully saturated rings. The minimum atomic E-state index is -0.714. The number of nitrogens with one attached hydrogen (secondary N) is 1. The molecular weight excluding hydrogens is 332 g/mol. The van der Waals surface area contributed by atoms with E-state index in [0.29, 0.717) is 29.2 Å². The fourth-order valence-electron chi connectivity index (χ4n) is 2.56. The maximum Gasteiger partial charge on any atom is 0.339 e. The second kappa shape index (κ2) is 7.02. The fraction of sp³-hybridized carbons (Fsp3) is 0.312. The van der Waals surface area contributed by atoms with E-state index in [0.717, 1.165) is 11.4 Å². The quantitative estimate of drug-likeness (QED) is 0.825. The molecule has 0 spiro atoms. The number of aryl methyl sites for hydroxylation is 2. The highest BCUT2D eigenvalue weighted by Gasteiger charge is 2.20. The average Bonchev–Trinajstić information content (AvgIpc) is 2.90. The van der Waals surface area contributed by atoms with Crippen LogP contribution in [0.1, 0.15) is 27.7 Å². The number of anilines is 1. The number of aliphatic hydroxyl groups is 1. The van der Waals surface area contributed by atoms with Gasteiger partial charge in [0.1, 0.15) is 17.6 Å². The van der Waals surface area contributed by atoms with Gasteiger partial charge in [0.15, 0.2) is 0 Å². The van der Waals surface area contributed by atoms with Gasteiger partial charge in [-0.15, -0.1) is 0 Å². The number of ether oxygens (including phenoxy) is 1. The van der Waals surface area contributed by atoms with E-state index in [2.05, 4.69) is 15.3 Å². The monoisotopic (exact) mass is 348 g/mol. The molecule has 24 heavy (non-hydrogen) atoms. The van der Waals surface area contributed by atoms with Crippen molar-refractivity contribution >= 4 is 29.7 Å². The Hall–Kier alpha value is -2.38. The Morgan fingerprint density at radius 1 is 1.54 bits per heavy atom. The molecule has 1 aromatic heterocycles. The maximum atomic E-state index is 11.7. The Morgan fingerprint density at radius 3 is 3.17 bits per heavy atom. The third kappa shape index (κ3) is 3.27. The predicted octanol–water partition coefficient (Wildman–Crippen LogP) is 2.05. The van der Waals surface area contributed by atoms with Crippen LogP contribution >= 0.6 is 11.6 Å². The zero-order valence-corrected chi connectivity index (χ0v) is 13.8. The van der Waals surface area contributed by atoms with E-state index in [1.165, 1.54) is 7.11 Å². The highest BCUT2D eigenvalue weighted by molar-refractivity contribution is 6.33. The van der Waals surface area contributed by atoms with Gasteiger partial charge in [-0.1, -0.05) is 17.7 Å². The molecular formula is C16H17ClN4O3. The van der Waals surface area contributed by atoms with Crippen molar-refractivity contribution in [3.8, 4) is 0 Å². The van der Waals surface area contributed by atoms with Crippen LogP contribution in [0, 0.1) is 0 Å². The summed E-state index contributed by atoms with van der Waals surface area (Å²) >= 11 is 6.03. The number of hydrogen-bond acceptors (Lipinski definition) is 6. The normalized spacial score (nSPS) is 16.2.